The number of nitrogens with two attached hydrogens (primary N) is 1. The molecule has 1 atom stereocenters. The third kappa shape index (κ3) is 5.74. The molecule has 1 aliphatic rings. The van der Waals surface area contributed by atoms with E-state index < -0.39 is 11.1 Å². The Morgan fingerprint density at radius 3 is 2.91 bits per heavy atom. The second kappa shape index (κ2) is 8.86. The summed E-state index contributed by atoms with van der Waals surface area (Å²) in [5, 5.41) is 4.13. The minimum absolute atomic E-state index is 0.189. The number of anilines is 1. The van der Waals surface area contributed by atoms with Crippen LogP contribution in [0.2, 0.25) is 0 Å². The lowest BCUT2D eigenvalue weighted by atomic mass is 10.1. The molecule has 1 unspecified atom stereocenters. The van der Waals surface area contributed by atoms with Crippen molar-refractivity contribution >= 4 is 22.7 Å². The van der Waals surface area contributed by atoms with Crippen LogP contribution < -0.4 is 11.2 Å². The topological polar surface area (TPSA) is 115 Å². The van der Waals surface area contributed by atoms with Crippen molar-refractivity contribution in [3.05, 3.63) is 5.49 Å². The van der Waals surface area contributed by atoms with E-state index in [4.69, 9.17) is 10.6 Å². The van der Waals surface area contributed by atoms with E-state index in [9.17, 15) is 4.55 Å². The fraction of sp³-hybridized carbons (Fsp3) is 0.769. The highest BCUT2D eigenvalue weighted by molar-refractivity contribution is 7.13. The van der Waals surface area contributed by atoms with Gasteiger partial charge in [-0.15, -0.1) is 4.37 Å². The zero-order valence-electron chi connectivity index (χ0n) is 13.0. The predicted octanol–water partition coefficient (Wildman–Crippen LogP) is 0.889. The van der Waals surface area contributed by atoms with Gasteiger partial charge in [0, 0.05) is 23.9 Å². The monoisotopic (exact) mass is 328 g/mol. The summed E-state index contributed by atoms with van der Waals surface area (Å²) in [6.45, 7) is 6.20. The normalized spacial score (nSPS) is 18.7. The van der Waals surface area contributed by atoms with Gasteiger partial charge in [-0.25, -0.2) is 0 Å². The number of oxime groups is 1. The molecule has 2 heterocycles. The second-order valence-electron chi connectivity index (χ2n) is 5.41. The molecule has 2 rings (SSSR count). The Morgan fingerprint density at radius 2 is 2.23 bits per heavy atom. The Kier molecular flexibility index (Phi) is 6.81. The highest BCUT2D eigenvalue weighted by atomic mass is 32.2. The molecule has 1 saturated heterocycles. The SMILES string of the molecule is C/C(CN1CCCCC1)=N\OCCCN=c1[nH][s+]([O-])nc1N. The zero-order chi connectivity index (χ0) is 15.8. The molecule has 0 bridgehead atoms. The van der Waals surface area contributed by atoms with Gasteiger partial charge in [0.25, 0.3) is 0 Å². The van der Waals surface area contributed by atoms with Gasteiger partial charge >= 0.3 is 0 Å². The van der Waals surface area contributed by atoms with Crippen LogP contribution in [-0.4, -0.2) is 56.7 Å². The quantitative estimate of drug-likeness (QED) is 0.334. The maximum atomic E-state index is 11.0. The van der Waals surface area contributed by atoms with Crippen LogP contribution in [0.4, 0.5) is 5.82 Å². The molecular weight excluding hydrogens is 304 g/mol. The van der Waals surface area contributed by atoms with E-state index in [1.165, 1.54) is 19.3 Å². The van der Waals surface area contributed by atoms with E-state index >= 15 is 0 Å². The highest BCUT2D eigenvalue weighted by Gasteiger charge is 2.10. The van der Waals surface area contributed by atoms with Gasteiger partial charge in [0.1, 0.15) is 6.61 Å². The summed E-state index contributed by atoms with van der Waals surface area (Å²) in [5.41, 5.74) is 6.93. The first-order valence-corrected chi connectivity index (χ1v) is 8.71. The third-order valence-electron chi connectivity index (χ3n) is 3.39. The fourth-order valence-corrected chi connectivity index (χ4v) is 2.99. The number of nitrogens with zero attached hydrogens (tertiary/aromatic N) is 4. The number of H-pyrrole nitrogens is 1. The van der Waals surface area contributed by atoms with Crippen LogP contribution in [0, 0.1) is 0 Å². The van der Waals surface area contributed by atoms with Gasteiger partial charge < -0.3 is 15.1 Å². The predicted molar refractivity (Wildman–Crippen MR) is 86.1 cm³/mol. The van der Waals surface area contributed by atoms with Crippen LogP contribution in [0.1, 0.15) is 32.6 Å². The van der Waals surface area contributed by atoms with Crippen LogP contribution in [-0.2, 0) is 4.84 Å². The summed E-state index contributed by atoms with van der Waals surface area (Å²) in [4.78, 5) is 11.9. The number of hydrogen-bond donors (Lipinski definition) is 2. The fourth-order valence-electron chi connectivity index (χ4n) is 2.35. The summed E-state index contributed by atoms with van der Waals surface area (Å²) in [6.07, 6.45) is 4.61. The van der Waals surface area contributed by atoms with Crippen LogP contribution in [0.5, 0.6) is 0 Å². The summed E-state index contributed by atoms with van der Waals surface area (Å²) in [7, 11) is 0. The molecule has 0 aromatic carbocycles. The minimum Gasteiger partial charge on any atom is -0.548 e. The number of aromatic amines is 1. The van der Waals surface area contributed by atoms with Gasteiger partial charge in [-0.1, -0.05) is 11.6 Å². The summed E-state index contributed by atoms with van der Waals surface area (Å²) in [6, 6.07) is 0. The van der Waals surface area contributed by atoms with Gasteiger partial charge in [0.05, 0.1) is 5.71 Å². The Morgan fingerprint density at radius 1 is 1.45 bits per heavy atom. The number of rotatable bonds is 7. The van der Waals surface area contributed by atoms with Crippen LogP contribution in [0.25, 0.3) is 0 Å². The van der Waals surface area contributed by atoms with E-state index in [1.807, 2.05) is 6.92 Å². The molecule has 1 aliphatic heterocycles. The van der Waals surface area contributed by atoms with E-state index in [2.05, 4.69) is 23.8 Å². The van der Waals surface area contributed by atoms with Gasteiger partial charge in [-0.3, -0.25) is 9.89 Å². The molecule has 1 aromatic rings. The standard InChI is InChI=1S/C13H24N6O2S/c1-11(10-19-7-3-2-4-8-19)16-21-9-5-6-15-13-12(14)17-22(20)18-13/h2-10H2,1H3,(H2,14,17)(H,15,18)/b16-11+. The molecule has 1 fully saturated rings. The summed E-state index contributed by atoms with van der Waals surface area (Å²) < 4.78 is 17.3. The zero-order valence-corrected chi connectivity index (χ0v) is 13.8. The van der Waals surface area contributed by atoms with Crippen molar-refractivity contribution in [3.8, 4) is 0 Å². The lowest BCUT2D eigenvalue weighted by Crippen LogP contribution is -2.33. The lowest BCUT2D eigenvalue weighted by molar-refractivity contribution is 0.140. The number of aromatic nitrogens is 2. The molecule has 0 amide bonds. The maximum Gasteiger partial charge on any atom is 0.229 e. The van der Waals surface area contributed by atoms with Gasteiger partial charge in [0.15, 0.2) is 11.1 Å². The van der Waals surface area contributed by atoms with Gasteiger partial charge in [-0.05, 0) is 32.9 Å². The lowest BCUT2D eigenvalue weighted by Gasteiger charge is -2.25. The van der Waals surface area contributed by atoms with Crippen molar-refractivity contribution in [1.82, 2.24) is 13.6 Å². The van der Waals surface area contributed by atoms with E-state index in [1.54, 1.807) is 0 Å². The first-order chi connectivity index (χ1) is 10.6. The first-order valence-electron chi connectivity index (χ1n) is 7.60. The molecule has 1 aromatic heterocycles. The van der Waals surface area contributed by atoms with Gasteiger partial charge in [-0.2, -0.15) is 0 Å². The molecule has 124 valence electrons. The van der Waals surface area contributed by atoms with Crippen molar-refractivity contribution in [3.63, 3.8) is 0 Å². The average molecular weight is 328 g/mol. The molecule has 0 aliphatic carbocycles. The molecule has 0 radical (unpaired) electrons. The molecular formula is C13H24N6O2S. The molecule has 22 heavy (non-hydrogen) atoms. The molecule has 0 spiro atoms. The number of piperidine rings is 1. The first kappa shape index (κ1) is 16.9. The number of nitrogens with one attached hydrogen (secondary N) is 1. The van der Waals surface area contributed by atoms with Crippen LogP contribution in [0.3, 0.4) is 0 Å². The number of likely N-dealkylation sites (tertiary alicyclic amines) is 1. The van der Waals surface area contributed by atoms with Gasteiger partial charge in [0.2, 0.25) is 11.3 Å². The Bertz CT molecular complexity index is 547. The summed E-state index contributed by atoms with van der Waals surface area (Å²) in [5.74, 6) is 0.189. The Labute approximate surface area is 133 Å². The Hall–Kier alpha value is -1.45. The molecule has 9 heteroatoms. The largest absolute Gasteiger partial charge is 0.548 e. The maximum absolute atomic E-state index is 11.0. The van der Waals surface area contributed by atoms with E-state index in [0.717, 1.165) is 25.3 Å². The molecule has 0 saturated carbocycles. The second-order valence-corrected chi connectivity index (χ2v) is 6.29. The van der Waals surface area contributed by atoms with Crippen molar-refractivity contribution < 1.29 is 9.39 Å². The average Bonchev–Trinajstić information content (AvgIpc) is 2.81. The smallest absolute Gasteiger partial charge is 0.229 e. The Balaban J connectivity index is 1.63. The number of hydrogen-bond acceptors (Lipinski definition) is 7. The molecule has 3 N–H and O–H groups in total. The van der Waals surface area contributed by atoms with Crippen molar-refractivity contribution in [2.45, 2.75) is 32.6 Å². The van der Waals surface area contributed by atoms with E-state index in [0.29, 0.717) is 25.1 Å². The van der Waals surface area contributed by atoms with Crippen molar-refractivity contribution in [2.75, 3.05) is 38.5 Å². The highest BCUT2D eigenvalue weighted by Crippen LogP contribution is 2.08. The van der Waals surface area contributed by atoms with Crippen LogP contribution in [0.15, 0.2) is 10.1 Å². The minimum atomic E-state index is -1.48. The molecule has 8 nitrogen and oxygen atoms in total. The number of nitrogen functional groups attached to an aromatic ring is 1. The van der Waals surface area contributed by atoms with Crippen molar-refractivity contribution in [2.24, 2.45) is 10.1 Å². The summed E-state index contributed by atoms with van der Waals surface area (Å²) >= 11 is -1.48. The van der Waals surface area contributed by atoms with Crippen molar-refractivity contribution in [1.29, 1.82) is 0 Å². The van der Waals surface area contributed by atoms with E-state index in [-0.39, 0.29) is 5.82 Å². The van der Waals surface area contributed by atoms with Crippen LogP contribution >= 0.6 is 11.1 Å². The third-order valence-corrected chi connectivity index (χ3v) is 4.12.